The van der Waals surface area contributed by atoms with Gasteiger partial charge >= 0.3 is 5.97 Å². The van der Waals surface area contributed by atoms with Crippen LogP contribution in [0.5, 0.6) is 0 Å². The van der Waals surface area contributed by atoms with Crippen LogP contribution in [0, 0.1) is 12.8 Å². The van der Waals surface area contributed by atoms with Crippen molar-refractivity contribution < 1.29 is 18.3 Å². The molecule has 0 aliphatic heterocycles. The molecule has 20 heavy (non-hydrogen) atoms. The first kappa shape index (κ1) is 16.9. The van der Waals surface area contributed by atoms with Gasteiger partial charge in [-0.2, -0.15) is 0 Å². The number of benzene rings is 1. The topological polar surface area (TPSA) is 83.5 Å². The van der Waals surface area contributed by atoms with Gasteiger partial charge in [0, 0.05) is 11.6 Å². The predicted octanol–water partition coefficient (Wildman–Crippen LogP) is 2.67. The fourth-order valence-electron chi connectivity index (χ4n) is 1.63. The molecule has 1 rings (SSSR count). The number of carboxylic acids is 1. The molecule has 0 spiro atoms. The van der Waals surface area contributed by atoms with E-state index in [4.69, 9.17) is 16.7 Å². The minimum absolute atomic E-state index is 0.0805. The minimum atomic E-state index is -3.77. The largest absolute Gasteiger partial charge is 0.478 e. The first-order valence-corrected chi connectivity index (χ1v) is 8.08. The molecule has 0 radical (unpaired) electrons. The summed E-state index contributed by atoms with van der Waals surface area (Å²) in [6.07, 6.45) is 0.845. The lowest BCUT2D eigenvalue weighted by atomic mass is 10.1. The highest BCUT2D eigenvalue weighted by atomic mass is 35.5. The molecule has 0 aromatic heterocycles. The Morgan fingerprint density at radius 3 is 2.55 bits per heavy atom. The van der Waals surface area contributed by atoms with E-state index in [1.54, 1.807) is 0 Å². The Morgan fingerprint density at radius 1 is 1.45 bits per heavy atom. The van der Waals surface area contributed by atoms with Gasteiger partial charge in [-0.05, 0) is 30.5 Å². The van der Waals surface area contributed by atoms with Crippen LogP contribution < -0.4 is 4.72 Å². The zero-order chi connectivity index (χ0) is 15.5. The maximum atomic E-state index is 12.2. The van der Waals surface area contributed by atoms with Crippen LogP contribution >= 0.6 is 11.6 Å². The lowest BCUT2D eigenvalue weighted by molar-refractivity contribution is 0.0696. The van der Waals surface area contributed by atoms with Crippen molar-refractivity contribution in [2.45, 2.75) is 32.1 Å². The second-order valence-electron chi connectivity index (χ2n) is 4.75. The highest BCUT2D eigenvalue weighted by molar-refractivity contribution is 7.89. The predicted molar refractivity (Wildman–Crippen MR) is 77.8 cm³/mol. The van der Waals surface area contributed by atoms with Crippen LogP contribution in [-0.4, -0.2) is 26.0 Å². The molecule has 0 saturated heterocycles. The lowest BCUT2D eigenvalue weighted by Gasteiger charge is -2.14. The maximum Gasteiger partial charge on any atom is 0.336 e. The lowest BCUT2D eigenvalue weighted by Crippen LogP contribution is -2.29. The van der Waals surface area contributed by atoms with Gasteiger partial charge < -0.3 is 5.11 Å². The molecule has 0 aliphatic carbocycles. The standard InChI is InChI=1S/C13H18ClNO4S/c1-4-8(2)7-15-20(18,19)12-6-10(14)5-11(9(12)3)13(16)17/h5-6,8,15H,4,7H2,1-3H3,(H,16,17). The summed E-state index contributed by atoms with van der Waals surface area (Å²) in [5.41, 5.74) is 0.0694. The van der Waals surface area contributed by atoms with Crippen LogP contribution in [0.3, 0.4) is 0 Å². The van der Waals surface area contributed by atoms with Gasteiger partial charge in [0.05, 0.1) is 10.5 Å². The zero-order valence-electron chi connectivity index (χ0n) is 11.6. The Morgan fingerprint density at radius 2 is 2.05 bits per heavy atom. The number of carboxylic acid groups (broad SMARTS) is 1. The summed E-state index contributed by atoms with van der Waals surface area (Å²) in [5, 5.41) is 9.14. The molecule has 1 atom stereocenters. The third-order valence-electron chi connectivity index (χ3n) is 3.16. The number of hydrogen-bond acceptors (Lipinski definition) is 3. The summed E-state index contributed by atoms with van der Waals surface area (Å²) in [6, 6.07) is 2.51. The Labute approximate surface area is 124 Å². The Kier molecular flexibility index (Phi) is 5.56. The summed E-state index contributed by atoms with van der Waals surface area (Å²) >= 11 is 5.81. The van der Waals surface area contributed by atoms with Crippen LogP contribution in [0.1, 0.15) is 36.2 Å². The first-order valence-electron chi connectivity index (χ1n) is 6.22. The normalized spacial score (nSPS) is 13.2. The van der Waals surface area contributed by atoms with E-state index >= 15 is 0 Å². The summed E-state index contributed by atoms with van der Waals surface area (Å²) in [4.78, 5) is 11.0. The van der Waals surface area contributed by atoms with E-state index in [-0.39, 0.29) is 27.0 Å². The molecule has 7 heteroatoms. The number of aromatic carboxylic acids is 1. The highest BCUT2D eigenvalue weighted by Crippen LogP contribution is 2.24. The molecule has 1 aromatic rings. The third-order valence-corrected chi connectivity index (χ3v) is 4.93. The molecular weight excluding hydrogens is 302 g/mol. The van der Waals surface area contributed by atoms with Gasteiger partial charge in [-0.1, -0.05) is 31.9 Å². The smallest absolute Gasteiger partial charge is 0.336 e. The molecule has 5 nitrogen and oxygen atoms in total. The fraction of sp³-hybridized carbons (Fsp3) is 0.462. The summed E-state index contributed by atoms with van der Waals surface area (Å²) < 4.78 is 27.0. The number of nitrogens with one attached hydrogen (secondary N) is 1. The van der Waals surface area contributed by atoms with Crippen LogP contribution in [0.4, 0.5) is 0 Å². The third kappa shape index (κ3) is 3.94. The highest BCUT2D eigenvalue weighted by Gasteiger charge is 2.22. The SMILES string of the molecule is CCC(C)CNS(=O)(=O)c1cc(Cl)cc(C(=O)O)c1C. The molecular formula is C13H18ClNO4S. The molecule has 0 saturated carbocycles. The molecule has 0 amide bonds. The van der Waals surface area contributed by atoms with Crippen LogP contribution in [0.2, 0.25) is 5.02 Å². The summed E-state index contributed by atoms with van der Waals surface area (Å²) in [6.45, 7) is 5.65. The van der Waals surface area contributed by atoms with E-state index in [0.717, 1.165) is 6.42 Å². The Bertz CT molecular complexity index is 613. The van der Waals surface area contributed by atoms with E-state index in [2.05, 4.69) is 4.72 Å². The second kappa shape index (κ2) is 6.56. The van der Waals surface area contributed by atoms with E-state index in [9.17, 15) is 13.2 Å². The average Bonchev–Trinajstić information content (AvgIpc) is 2.37. The van der Waals surface area contributed by atoms with Crippen molar-refractivity contribution in [2.24, 2.45) is 5.92 Å². The van der Waals surface area contributed by atoms with Gasteiger partial charge in [0.15, 0.2) is 0 Å². The quantitative estimate of drug-likeness (QED) is 0.844. The molecule has 0 bridgehead atoms. The Hall–Kier alpha value is -1.11. The van der Waals surface area contributed by atoms with Crippen molar-refractivity contribution in [3.63, 3.8) is 0 Å². The van der Waals surface area contributed by atoms with E-state index in [1.807, 2.05) is 13.8 Å². The van der Waals surface area contributed by atoms with Gasteiger partial charge in [0.25, 0.3) is 0 Å². The van der Waals surface area contributed by atoms with E-state index < -0.39 is 16.0 Å². The molecule has 2 N–H and O–H groups in total. The van der Waals surface area contributed by atoms with Crippen LogP contribution in [0.25, 0.3) is 0 Å². The Balaban J connectivity index is 3.21. The van der Waals surface area contributed by atoms with Gasteiger partial charge in [0.2, 0.25) is 10.0 Å². The first-order chi connectivity index (χ1) is 9.19. The van der Waals surface area contributed by atoms with E-state index in [0.29, 0.717) is 6.54 Å². The summed E-state index contributed by atoms with van der Waals surface area (Å²) in [5.74, 6) is -1.01. The van der Waals surface area contributed by atoms with Crippen molar-refractivity contribution in [3.05, 3.63) is 28.3 Å². The van der Waals surface area contributed by atoms with Crippen molar-refractivity contribution in [2.75, 3.05) is 6.54 Å². The van der Waals surface area contributed by atoms with Crippen LogP contribution in [0.15, 0.2) is 17.0 Å². The van der Waals surface area contributed by atoms with Crippen molar-refractivity contribution in [3.8, 4) is 0 Å². The van der Waals surface area contributed by atoms with Gasteiger partial charge in [0.1, 0.15) is 0 Å². The zero-order valence-corrected chi connectivity index (χ0v) is 13.2. The molecule has 1 unspecified atom stereocenters. The minimum Gasteiger partial charge on any atom is -0.478 e. The van der Waals surface area contributed by atoms with E-state index in [1.165, 1.54) is 19.1 Å². The average molecular weight is 320 g/mol. The van der Waals surface area contributed by atoms with Gasteiger partial charge in [-0.15, -0.1) is 0 Å². The van der Waals surface area contributed by atoms with Crippen molar-refractivity contribution in [1.29, 1.82) is 0 Å². The van der Waals surface area contributed by atoms with Crippen LogP contribution in [-0.2, 0) is 10.0 Å². The number of sulfonamides is 1. The number of halogens is 1. The molecule has 112 valence electrons. The molecule has 0 heterocycles. The number of rotatable bonds is 6. The summed E-state index contributed by atoms with van der Waals surface area (Å²) in [7, 11) is -3.77. The molecule has 0 fully saturated rings. The van der Waals surface area contributed by atoms with Gasteiger partial charge in [-0.3, -0.25) is 0 Å². The number of hydrogen-bond donors (Lipinski definition) is 2. The van der Waals surface area contributed by atoms with Gasteiger partial charge in [-0.25, -0.2) is 17.9 Å². The monoisotopic (exact) mass is 319 g/mol. The molecule has 0 aliphatic rings. The van der Waals surface area contributed by atoms with Crippen molar-refractivity contribution >= 4 is 27.6 Å². The second-order valence-corrected chi connectivity index (χ2v) is 6.92. The number of carbonyl (C=O) groups is 1. The molecule has 1 aromatic carbocycles. The van der Waals surface area contributed by atoms with Crippen molar-refractivity contribution in [1.82, 2.24) is 4.72 Å². The fourth-order valence-corrected chi connectivity index (χ4v) is 3.37. The maximum absolute atomic E-state index is 12.2.